The lowest BCUT2D eigenvalue weighted by molar-refractivity contribution is 0.592. The van der Waals surface area contributed by atoms with E-state index >= 15 is 4.57 Å². The summed E-state index contributed by atoms with van der Waals surface area (Å²) in [5.41, 5.74) is 4.64. The molecule has 0 atom stereocenters. The predicted molar refractivity (Wildman–Crippen MR) is 224 cm³/mol. The van der Waals surface area contributed by atoms with Crippen molar-refractivity contribution in [2.75, 3.05) is 0 Å². The van der Waals surface area contributed by atoms with Gasteiger partial charge >= 0.3 is 0 Å². The van der Waals surface area contributed by atoms with E-state index in [-0.39, 0.29) is 0 Å². The van der Waals surface area contributed by atoms with Gasteiger partial charge in [0.1, 0.15) is 0 Å². The molecule has 0 fully saturated rings. The molecule has 244 valence electrons. The summed E-state index contributed by atoms with van der Waals surface area (Å²) < 4.78 is 15.8. The zero-order chi connectivity index (χ0) is 34.6. The van der Waals surface area contributed by atoms with E-state index in [1.165, 1.54) is 54.2 Å². The van der Waals surface area contributed by atoms with Crippen molar-refractivity contribution in [1.82, 2.24) is 0 Å². The molecule has 0 N–H and O–H groups in total. The van der Waals surface area contributed by atoms with Gasteiger partial charge in [0, 0.05) is 15.9 Å². The second-order valence-corrected chi connectivity index (χ2v) is 16.4. The van der Waals surface area contributed by atoms with Gasteiger partial charge in [0.05, 0.1) is 0 Å². The van der Waals surface area contributed by atoms with Crippen LogP contribution in [0.3, 0.4) is 0 Å². The number of rotatable bonds is 5. The van der Waals surface area contributed by atoms with Crippen LogP contribution in [0.25, 0.3) is 76.1 Å². The third-order valence-electron chi connectivity index (χ3n) is 10.6. The van der Waals surface area contributed by atoms with Crippen LogP contribution in [0.2, 0.25) is 0 Å². The molecule has 52 heavy (non-hydrogen) atoms. The van der Waals surface area contributed by atoms with Crippen LogP contribution in [0.5, 0.6) is 0 Å². The van der Waals surface area contributed by atoms with Gasteiger partial charge < -0.3 is 4.57 Å². The Morgan fingerprint density at radius 3 is 1.31 bits per heavy atom. The smallest absolute Gasteiger partial charge is 0.171 e. The summed E-state index contributed by atoms with van der Waals surface area (Å²) in [6.07, 6.45) is 0. The minimum atomic E-state index is -3.24. The Morgan fingerprint density at radius 1 is 0.269 bits per heavy atom. The summed E-state index contributed by atoms with van der Waals surface area (Å²) in [5, 5.41) is 14.4. The molecule has 2 heteroatoms. The van der Waals surface area contributed by atoms with Crippen molar-refractivity contribution in [2.24, 2.45) is 0 Å². The van der Waals surface area contributed by atoms with Crippen LogP contribution in [-0.2, 0) is 4.57 Å². The Labute approximate surface area is 302 Å². The minimum absolute atomic E-state index is 0.824. The van der Waals surface area contributed by atoms with E-state index in [0.29, 0.717) is 0 Å². The Kier molecular flexibility index (Phi) is 7.17. The summed E-state index contributed by atoms with van der Waals surface area (Å²) >= 11 is 0. The summed E-state index contributed by atoms with van der Waals surface area (Å²) in [6, 6.07) is 70.6. The predicted octanol–water partition coefficient (Wildman–Crippen LogP) is 12.4. The van der Waals surface area contributed by atoms with Gasteiger partial charge in [-0.1, -0.05) is 170 Å². The molecular formula is C50H33OP. The highest BCUT2D eigenvalue weighted by molar-refractivity contribution is 7.85. The molecule has 0 saturated carbocycles. The van der Waals surface area contributed by atoms with Crippen molar-refractivity contribution in [3.05, 3.63) is 200 Å². The second-order valence-electron chi connectivity index (χ2n) is 13.6. The van der Waals surface area contributed by atoms with E-state index < -0.39 is 7.14 Å². The SMILES string of the molecule is O=P(c1ccccc1)(c1ccccc1)c1ccc2c(-c3ccc4ccccc4c3)c3ccccc3c(-c3ccc4cc5ccccc5cc4c3)c2c1. The minimum Gasteiger partial charge on any atom is -0.309 e. The fourth-order valence-electron chi connectivity index (χ4n) is 8.15. The summed E-state index contributed by atoms with van der Waals surface area (Å²) in [7, 11) is -3.24. The fourth-order valence-corrected chi connectivity index (χ4v) is 10.8. The molecule has 0 aromatic heterocycles. The monoisotopic (exact) mass is 680 g/mol. The standard InChI is InChI=1S/C50H33OP/c51-52(42-17-3-1-4-18-42,43-19-5-2-6-20-43)44-27-28-47-48(33-44)50(40-26-24-38-29-36-15-9-10-16-37(36)31-41(38)32-40)46-22-12-11-21-45(46)49(47)39-25-23-34-13-7-8-14-35(34)30-39/h1-33H. The highest BCUT2D eigenvalue weighted by Gasteiger charge is 2.30. The summed E-state index contributed by atoms with van der Waals surface area (Å²) in [4.78, 5) is 0. The topological polar surface area (TPSA) is 17.1 Å². The van der Waals surface area contributed by atoms with E-state index in [1.807, 2.05) is 60.7 Å². The van der Waals surface area contributed by atoms with Gasteiger partial charge in [0.25, 0.3) is 0 Å². The van der Waals surface area contributed by atoms with E-state index in [0.717, 1.165) is 37.8 Å². The quantitative estimate of drug-likeness (QED) is 0.131. The van der Waals surface area contributed by atoms with Crippen molar-refractivity contribution in [1.29, 1.82) is 0 Å². The summed E-state index contributed by atoms with van der Waals surface area (Å²) in [6.45, 7) is 0. The normalized spacial score (nSPS) is 11.9. The Hall–Kier alpha value is -6.27. The molecule has 0 aliphatic rings. The molecule has 0 saturated heterocycles. The van der Waals surface area contributed by atoms with E-state index in [9.17, 15) is 0 Å². The first-order chi connectivity index (χ1) is 25.6. The largest absolute Gasteiger partial charge is 0.309 e. The Balaban J connectivity index is 1.33. The first kappa shape index (κ1) is 30.5. The molecule has 0 heterocycles. The molecule has 10 aromatic carbocycles. The van der Waals surface area contributed by atoms with Gasteiger partial charge in [-0.3, -0.25) is 0 Å². The van der Waals surface area contributed by atoms with Crippen LogP contribution < -0.4 is 15.9 Å². The first-order valence-corrected chi connectivity index (χ1v) is 19.5. The second kappa shape index (κ2) is 12.2. The average Bonchev–Trinajstić information content (AvgIpc) is 3.21. The Bertz CT molecular complexity index is 2990. The van der Waals surface area contributed by atoms with Crippen LogP contribution in [0, 0.1) is 0 Å². The van der Waals surface area contributed by atoms with Crippen LogP contribution >= 0.6 is 7.14 Å². The molecule has 0 radical (unpaired) electrons. The summed E-state index contributed by atoms with van der Waals surface area (Å²) in [5.74, 6) is 0. The zero-order valence-electron chi connectivity index (χ0n) is 28.4. The van der Waals surface area contributed by atoms with Gasteiger partial charge in [-0.05, 0) is 106 Å². The maximum absolute atomic E-state index is 15.8. The lowest BCUT2D eigenvalue weighted by Crippen LogP contribution is -2.25. The van der Waals surface area contributed by atoms with Crippen molar-refractivity contribution < 1.29 is 4.57 Å². The lowest BCUT2D eigenvalue weighted by Gasteiger charge is -2.23. The molecule has 10 aromatic rings. The molecule has 0 aliphatic heterocycles. The van der Waals surface area contributed by atoms with Crippen LogP contribution in [0.1, 0.15) is 0 Å². The Morgan fingerprint density at radius 2 is 0.692 bits per heavy atom. The average molecular weight is 681 g/mol. The highest BCUT2D eigenvalue weighted by Crippen LogP contribution is 2.48. The van der Waals surface area contributed by atoms with E-state index in [4.69, 9.17) is 0 Å². The molecular weight excluding hydrogens is 648 g/mol. The fraction of sp³-hybridized carbons (Fsp3) is 0. The van der Waals surface area contributed by atoms with Crippen LogP contribution in [0.15, 0.2) is 200 Å². The molecule has 10 rings (SSSR count). The molecule has 0 aliphatic carbocycles. The van der Waals surface area contributed by atoms with Crippen molar-refractivity contribution in [2.45, 2.75) is 0 Å². The maximum atomic E-state index is 15.8. The number of benzene rings is 10. The van der Waals surface area contributed by atoms with Crippen LogP contribution in [0.4, 0.5) is 0 Å². The number of fused-ring (bicyclic) bond motifs is 5. The van der Waals surface area contributed by atoms with Crippen molar-refractivity contribution >= 4 is 76.9 Å². The van der Waals surface area contributed by atoms with Gasteiger partial charge in [-0.2, -0.15) is 0 Å². The number of hydrogen-bond acceptors (Lipinski definition) is 1. The van der Waals surface area contributed by atoms with Gasteiger partial charge in [-0.25, -0.2) is 0 Å². The van der Waals surface area contributed by atoms with Crippen molar-refractivity contribution in [3.63, 3.8) is 0 Å². The highest BCUT2D eigenvalue weighted by atomic mass is 31.2. The molecule has 0 bridgehead atoms. The van der Waals surface area contributed by atoms with Gasteiger partial charge in [0.15, 0.2) is 7.14 Å². The van der Waals surface area contributed by atoms with Gasteiger partial charge in [0.2, 0.25) is 0 Å². The van der Waals surface area contributed by atoms with Crippen molar-refractivity contribution in [3.8, 4) is 22.3 Å². The third-order valence-corrected chi connectivity index (χ3v) is 13.7. The van der Waals surface area contributed by atoms with E-state index in [2.05, 4.69) is 140 Å². The third kappa shape index (κ3) is 4.89. The molecule has 0 spiro atoms. The van der Waals surface area contributed by atoms with Crippen LogP contribution in [-0.4, -0.2) is 0 Å². The molecule has 1 nitrogen and oxygen atoms in total. The zero-order valence-corrected chi connectivity index (χ0v) is 29.3. The molecule has 0 unspecified atom stereocenters. The maximum Gasteiger partial charge on any atom is 0.171 e. The first-order valence-electron chi connectivity index (χ1n) is 17.8. The van der Waals surface area contributed by atoms with E-state index in [1.54, 1.807) is 0 Å². The molecule has 0 amide bonds. The van der Waals surface area contributed by atoms with Gasteiger partial charge in [-0.15, -0.1) is 0 Å². The number of hydrogen-bond donors (Lipinski definition) is 0. The lowest BCUT2D eigenvalue weighted by atomic mass is 9.85.